The number of nitrogens with one attached hydrogen (secondary N) is 1. The Bertz CT molecular complexity index is 505. The topological polar surface area (TPSA) is 73.6 Å². The van der Waals surface area contributed by atoms with Gasteiger partial charge >= 0.3 is 0 Å². The first-order valence-electron chi connectivity index (χ1n) is 7.95. The fourth-order valence-corrected chi connectivity index (χ4v) is 2.69. The van der Waals surface area contributed by atoms with Gasteiger partial charge in [0, 0.05) is 25.3 Å². The summed E-state index contributed by atoms with van der Waals surface area (Å²) in [5.74, 6) is 0.926. The highest BCUT2D eigenvalue weighted by Crippen LogP contribution is 2.21. The molecule has 1 aliphatic rings. The zero-order valence-corrected chi connectivity index (χ0v) is 14.7. The second-order valence-electron chi connectivity index (χ2n) is 5.74. The number of nitrogens with two attached hydrogens (primary N) is 1. The normalized spacial score (nSPS) is 16.3. The third-order valence-corrected chi connectivity index (χ3v) is 4.05. The minimum Gasteiger partial charge on any atom is -0.494 e. The number of hydrogen-bond acceptors (Lipinski definition) is 4. The maximum absolute atomic E-state index is 12.2. The molecule has 0 bridgehead atoms. The van der Waals surface area contributed by atoms with Gasteiger partial charge in [0.05, 0.1) is 12.6 Å². The van der Waals surface area contributed by atoms with E-state index in [4.69, 9.17) is 15.2 Å². The number of amides is 1. The SMILES string of the molecule is CCOc1cc(C)ccc1CNC(=O)C(N)C1CCOCC1.Cl. The van der Waals surface area contributed by atoms with Crippen LogP contribution in [0.15, 0.2) is 18.2 Å². The second-order valence-corrected chi connectivity index (χ2v) is 5.74. The molecular formula is C17H27ClN2O3. The van der Waals surface area contributed by atoms with Crippen LogP contribution < -0.4 is 15.8 Å². The average Bonchev–Trinajstić information content (AvgIpc) is 2.54. The number of carbonyl (C=O) groups is 1. The lowest BCUT2D eigenvalue weighted by molar-refractivity contribution is -0.124. The largest absolute Gasteiger partial charge is 0.494 e. The Balaban J connectivity index is 0.00000264. The van der Waals surface area contributed by atoms with Crippen LogP contribution in [0, 0.1) is 12.8 Å². The van der Waals surface area contributed by atoms with Crippen molar-refractivity contribution in [1.29, 1.82) is 0 Å². The molecule has 1 unspecified atom stereocenters. The van der Waals surface area contributed by atoms with Gasteiger partial charge in [0.15, 0.2) is 0 Å². The van der Waals surface area contributed by atoms with Crippen molar-refractivity contribution in [3.63, 3.8) is 0 Å². The predicted octanol–water partition coefficient (Wildman–Crippen LogP) is 2.19. The fraction of sp³-hybridized carbons (Fsp3) is 0.588. The summed E-state index contributed by atoms with van der Waals surface area (Å²) in [7, 11) is 0. The Morgan fingerprint density at radius 1 is 1.43 bits per heavy atom. The highest BCUT2D eigenvalue weighted by Gasteiger charge is 2.26. The molecule has 0 saturated carbocycles. The van der Waals surface area contributed by atoms with Crippen LogP contribution in [0.4, 0.5) is 0 Å². The Labute approximate surface area is 144 Å². The summed E-state index contributed by atoms with van der Waals surface area (Å²) in [5, 5.41) is 2.93. The van der Waals surface area contributed by atoms with Gasteiger partial charge in [-0.25, -0.2) is 0 Å². The van der Waals surface area contributed by atoms with Gasteiger partial charge in [0.2, 0.25) is 5.91 Å². The van der Waals surface area contributed by atoms with Crippen molar-refractivity contribution in [1.82, 2.24) is 5.32 Å². The van der Waals surface area contributed by atoms with Gasteiger partial charge in [-0.3, -0.25) is 4.79 Å². The number of halogens is 1. The van der Waals surface area contributed by atoms with Gasteiger partial charge < -0.3 is 20.5 Å². The van der Waals surface area contributed by atoms with E-state index in [0.717, 1.165) is 29.7 Å². The zero-order valence-electron chi connectivity index (χ0n) is 13.8. The lowest BCUT2D eigenvalue weighted by Crippen LogP contribution is -2.46. The first kappa shape index (κ1) is 19.7. The van der Waals surface area contributed by atoms with Crippen molar-refractivity contribution >= 4 is 18.3 Å². The maximum atomic E-state index is 12.2. The van der Waals surface area contributed by atoms with Crippen LogP contribution in [-0.4, -0.2) is 31.8 Å². The van der Waals surface area contributed by atoms with Gasteiger partial charge in [0.25, 0.3) is 0 Å². The van der Waals surface area contributed by atoms with Crippen LogP contribution in [-0.2, 0) is 16.1 Å². The number of rotatable bonds is 6. The molecule has 0 radical (unpaired) electrons. The summed E-state index contributed by atoms with van der Waals surface area (Å²) >= 11 is 0. The van der Waals surface area contributed by atoms with Crippen LogP contribution in [0.3, 0.4) is 0 Å². The van der Waals surface area contributed by atoms with E-state index >= 15 is 0 Å². The first-order chi connectivity index (χ1) is 10.6. The number of ether oxygens (including phenoxy) is 2. The van der Waals surface area contributed by atoms with E-state index in [1.807, 2.05) is 32.0 Å². The van der Waals surface area contributed by atoms with E-state index in [2.05, 4.69) is 5.32 Å². The second kappa shape index (κ2) is 9.75. The smallest absolute Gasteiger partial charge is 0.237 e. The van der Waals surface area contributed by atoms with E-state index in [1.54, 1.807) is 0 Å². The molecule has 1 aliphatic heterocycles. The van der Waals surface area contributed by atoms with Gasteiger partial charge in [0.1, 0.15) is 5.75 Å². The van der Waals surface area contributed by atoms with E-state index in [1.165, 1.54) is 0 Å². The van der Waals surface area contributed by atoms with Crippen molar-refractivity contribution in [2.75, 3.05) is 19.8 Å². The maximum Gasteiger partial charge on any atom is 0.237 e. The minimum absolute atomic E-state index is 0. The Kier molecular flexibility index (Phi) is 8.37. The van der Waals surface area contributed by atoms with Crippen molar-refractivity contribution in [3.8, 4) is 5.75 Å². The van der Waals surface area contributed by atoms with Crippen LogP contribution >= 0.6 is 12.4 Å². The quantitative estimate of drug-likeness (QED) is 0.831. The molecule has 130 valence electrons. The molecule has 1 aromatic carbocycles. The summed E-state index contributed by atoms with van der Waals surface area (Å²) < 4.78 is 10.9. The van der Waals surface area contributed by atoms with Gasteiger partial charge in [-0.2, -0.15) is 0 Å². The molecule has 0 spiro atoms. The molecule has 1 atom stereocenters. The molecule has 2 rings (SSSR count). The zero-order chi connectivity index (χ0) is 15.9. The van der Waals surface area contributed by atoms with Crippen LogP contribution in [0.2, 0.25) is 0 Å². The van der Waals surface area contributed by atoms with E-state index in [9.17, 15) is 4.79 Å². The molecule has 1 saturated heterocycles. The third-order valence-electron chi connectivity index (χ3n) is 4.05. The highest BCUT2D eigenvalue weighted by atomic mass is 35.5. The molecule has 1 aromatic rings. The first-order valence-corrected chi connectivity index (χ1v) is 7.95. The Morgan fingerprint density at radius 2 is 2.13 bits per heavy atom. The van der Waals surface area contributed by atoms with E-state index in [-0.39, 0.29) is 24.2 Å². The van der Waals surface area contributed by atoms with Crippen molar-refractivity contribution in [3.05, 3.63) is 29.3 Å². The third kappa shape index (κ3) is 5.68. The van der Waals surface area contributed by atoms with Gasteiger partial charge in [-0.15, -0.1) is 12.4 Å². The van der Waals surface area contributed by atoms with Crippen LogP contribution in [0.1, 0.15) is 30.9 Å². The molecule has 1 fully saturated rings. The Hall–Kier alpha value is -1.30. The summed E-state index contributed by atoms with van der Waals surface area (Å²) in [5.41, 5.74) is 8.19. The fourth-order valence-electron chi connectivity index (χ4n) is 2.69. The van der Waals surface area contributed by atoms with Crippen LogP contribution in [0.25, 0.3) is 0 Å². The number of carbonyl (C=O) groups excluding carboxylic acids is 1. The van der Waals surface area contributed by atoms with E-state index in [0.29, 0.717) is 26.4 Å². The summed E-state index contributed by atoms with van der Waals surface area (Å²) in [4.78, 5) is 12.2. The Morgan fingerprint density at radius 3 is 2.78 bits per heavy atom. The molecular weight excluding hydrogens is 316 g/mol. The minimum atomic E-state index is -0.468. The number of benzene rings is 1. The summed E-state index contributed by atoms with van der Waals surface area (Å²) in [6.45, 7) is 6.39. The summed E-state index contributed by atoms with van der Waals surface area (Å²) in [6.07, 6.45) is 1.70. The van der Waals surface area contributed by atoms with Crippen molar-refractivity contribution in [2.45, 2.75) is 39.3 Å². The summed E-state index contributed by atoms with van der Waals surface area (Å²) in [6, 6.07) is 5.52. The van der Waals surface area contributed by atoms with Crippen molar-refractivity contribution < 1.29 is 14.3 Å². The van der Waals surface area contributed by atoms with E-state index < -0.39 is 6.04 Å². The molecule has 3 N–H and O–H groups in total. The predicted molar refractivity (Wildman–Crippen MR) is 93.0 cm³/mol. The molecule has 23 heavy (non-hydrogen) atoms. The van der Waals surface area contributed by atoms with Crippen molar-refractivity contribution in [2.24, 2.45) is 11.7 Å². The molecule has 5 nitrogen and oxygen atoms in total. The molecule has 0 aromatic heterocycles. The highest BCUT2D eigenvalue weighted by molar-refractivity contribution is 5.85. The van der Waals surface area contributed by atoms with Crippen LogP contribution in [0.5, 0.6) is 5.75 Å². The lowest BCUT2D eigenvalue weighted by Gasteiger charge is -2.26. The molecule has 6 heteroatoms. The van der Waals surface area contributed by atoms with Gasteiger partial charge in [-0.1, -0.05) is 12.1 Å². The standard InChI is InChI=1S/C17H26N2O3.ClH/c1-3-22-15-10-12(2)4-5-14(15)11-19-17(20)16(18)13-6-8-21-9-7-13;/h4-5,10,13,16H,3,6-9,11,18H2,1-2H3,(H,19,20);1H. The molecule has 0 aliphatic carbocycles. The number of hydrogen-bond donors (Lipinski definition) is 2. The molecule has 1 amide bonds. The monoisotopic (exact) mass is 342 g/mol. The average molecular weight is 343 g/mol. The molecule has 1 heterocycles. The lowest BCUT2D eigenvalue weighted by atomic mass is 9.92. The van der Waals surface area contributed by atoms with Gasteiger partial charge in [-0.05, 0) is 44.2 Å². The number of aryl methyl sites for hydroxylation is 1.